The van der Waals surface area contributed by atoms with E-state index in [-0.39, 0.29) is 11.5 Å². The molecule has 0 aliphatic carbocycles. The van der Waals surface area contributed by atoms with Crippen LogP contribution in [0.5, 0.6) is 0 Å². The van der Waals surface area contributed by atoms with Crippen molar-refractivity contribution in [1.82, 2.24) is 14.8 Å². The van der Waals surface area contributed by atoms with E-state index in [9.17, 15) is 5.11 Å². The van der Waals surface area contributed by atoms with Gasteiger partial charge in [0.05, 0.1) is 6.10 Å². The zero-order chi connectivity index (χ0) is 12.3. The fourth-order valence-electron chi connectivity index (χ4n) is 1.58. The Morgan fingerprint density at radius 1 is 1.38 bits per heavy atom. The Morgan fingerprint density at radius 2 is 2.00 bits per heavy atom. The largest absolute Gasteiger partial charge is 0.393 e. The number of rotatable bonds is 4. The molecule has 0 fully saturated rings. The third-order valence-corrected chi connectivity index (χ3v) is 2.78. The molecule has 0 saturated heterocycles. The lowest BCUT2D eigenvalue weighted by Crippen LogP contribution is -2.26. The van der Waals surface area contributed by atoms with Gasteiger partial charge >= 0.3 is 0 Å². The lowest BCUT2D eigenvalue weighted by atomic mass is 9.86. The van der Waals surface area contributed by atoms with Crippen molar-refractivity contribution in [3.05, 3.63) is 12.2 Å². The zero-order valence-corrected chi connectivity index (χ0v) is 10.9. The number of hydrogen-bond donors (Lipinski definition) is 1. The fraction of sp³-hybridized carbons (Fsp3) is 0.833. The molecule has 1 heterocycles. The minimum atomic E-state index is -0.301. The van der Waals surface area contributed by atoms with Crippen molar-refractivity contribution in [2.75, 3.05) is 0 Å². The van der Waals surface area contributed by atoms with Gasteiger partial charge in [-0.1, -0.05) is 20.8 Å². The second-order valence-corrected chi connectivity index (χ2v) is 5.64. The van der Waals surface area contributed by atoms with Gasteiger partial charge < -0.3 is 5.11 Å². The van der Waals surface area contributed by atoms with E-state index in [4.69, 9.17) is 0 Å². The standard InChI is InChI=1S/C12H23N3O/c1-9(2)15-11(13-8-14-15)7-6-10(16)12(3,4)5/h8-10,16H,6-7H2,1-5H3. The van der Waals surface area contributed by atoms with Crippen molar-refractivity contribution in [2.24, 2.45) is 5.41 Å². The summed E-state index contributed by atoms with van der Waals surface area (Å²) in [4.78, 5) is 4.23. The van der Waals surface area contributed by atoms with E-state index in [1.807, 2.05) is 25.5 Å². The molecule has 4 nitrogen and oxygen atoms in total. The summed E-state index contributed by atoms with van der Waals surface area (Å²) in [5.74, 6) is 0.957. The first-order valence-corrected chi connectivity index (χ1v) is 5.89. The summed E-state index contributed by atoms with van der Waals surface area (Å²) >= 11 is 0. The number of nitrogens with zero attached hydrogens (tertiary/aromatic N) is 3. The minimum Gasteiger partial charge on any atom is -0.393 e. The summed E-state index contributed by atoms with van der Waals surface area (Å²) in [7, 11) is 0. The van der Waals surface area contributed by atoms with Gasteiger partial charge in [-0.15, -0.1) is 0 Å². The molecule has 4 heteroatoms. The van der Waals surface area contributed by atoms with Gasteiger partial charge in [0.1, 0.15) is 12.2 Å². The summed E-state index contributed by atoms with van der Waals surface area (Å²) < 4.78 is 1.91. The van der Waals surface area contributed by atoms with Crippen LogP contribution in [-0.2, 0) is 6.42 Å². The first-order valence-electron chi connectivity index (χ1n) is 5.89. The van der Waals surface area contributed by atoms with Crippen molar-refractivity contribution in [2.45, 2.75) is 59.6 Å². The van der Waals surface area contributed by atoms with Gasteiger partial charge in [0.2, 0.25) is 0 Å². The Hall–Kier alpha value is -0.900. The van der Waals surface area contributed by atoms with E-state index >= 15 is 0 Å². The molecule has 92 valence electrons. The van der Waals surface area contributed by atoms with Crippen LogP contribution in [0.3, 0.4) is 0 Å². The lowest BCUT2D eigenvalue weighted by molar-refractivity contribution is 0.0552. The van der Waals surface area contributed by atoms with Crippen LogP contribution in [0.15, 0.2) is 6.33 Å². The highest BCUT2D eigenvalue weighted by Crippen LogP contribution is 2.22. The van der Waals surface area contributed by atoms with Crippen LogP contribution in [-0.4, -0.2) is 26.0 Å². The molecule has 0 saturated carbocycles. The Balaban J connectivity index is 2.58. The monoisotopic (exact) mass is 225 g/mol. The van der Waals surface area contributed by atoms with E-state index in [1.54, 1.807) is 6.33 Å². The van der Waals surface area contributed by atoms with Crippen molar-refractivity contribution >= 4 is 0 Å². The Morgan fingerprint density at radius 3 is 2.50 bits per heavy atom. The summed E-state index contributed by atoms with van der Waals surface area (Å²) in [6.07, 6.45) is 2.79. The van der Waals surface area contributed by atoms with Gasteiger partial charge in [0, 0.05) is 12.5 Å². The Bertz CT molecular complexity index is 325. The number of aromatic nitrogens is 3. The highest BCUT2D eigenvalue weighted by molar-refractivity contribution is 4.88. The average Bonchev–Trinajstić information content (AvgIpc) is 2.60. The van der Waals surface area contributed by atoms with Crippen LogP contribution in [0, 0.1) is 5.41 Å². The van der Waals surface area contributed by atoms with Gasteiger partial charge in [-0.3, -0.25) is 0 Å². The molecule has 1 atom stereocenters. The molecule has 0 radical (unpaired) electrons. The maximum absolute atomic E-state index is 9.96. The second kappa shape index (κ2) is 4.95. The van der Waals surface area contributed by atoms with E-state index in [0.717, 1.165) is 18.7 Å². The third kappa shape index (κ3) is 3.30. The first kappa shape index (κ1) is 13.2. The summed E-state index contributed by atoms with van der Waals surface area (Å²) in [6.45, 7) is 10.3. The summed E-state index contributed by atoms with van der Waals surface area (Å²) in [5, 5.41) is 14.1. The number of aryl methyl sites for hydroxylation is 1. The predicted molar refractivity (Wildman–Crippen MR) is 64.2 cm³/mol. The SMILES string of the molecule is CC(C)n1ncnc1CCC(O)C(C)(C)C. The van der Waals surface area contributed by atoms with E-state index in [0.29, 0.717) is 6.04 Å². The van der Waals surface area contributed by atoms with Crippen LogP contribution < -0.4 is 0 Å². The van der Waals surface area contributed by atoms with E-state index in [2.05, 4.69) is 23.9 Å². The van der Waals surface area contributed by atoms with Gasteiger partial charge in [0.15, 0.2) is 0 Å². The summed E-state index contributed by atoms with van der Waals surface area (Å²) in [5.41, 5.74) is -0.0668. The normalized spacial score (nSPS) is 14.4. The van der Waals surface area contributed by atoms with Crippen LogP contribution in [0.25, 0.3) is 0 Å². The molecular formula is C12H23N3O. The van der Waals surface area contributed by atoms with E-state index < -0.39 is 0 Å². The van der Waals surface area contributed by atoms with Crippen molar-refractivity contribution in [3.8, 4) is 0 Å². The average molecular weight is 225 g/mol. The fourth-order valence-corrected chi connectivity index (χ4v) is 1.58. The topological polar surface area (TPSA) is 50.9 Å². The van der Waals surface area contributed by atoms with Crippen LogP contribution in [0.2, 0.25) is 0 Å². The Labute approximate surface area is 97.7 Å². The molecule has 16 heavy (non-hydrogen) atoms. The molecule has 0 spiro atoms. The molecule has 1 aromatic heterocycles. The highest BCUT2D eigenvalue weighted by atomic mass is 16.3. The van der Waals surface area contributed by atoms with Crippen LogP contribution in [0.4, 0.5) is 0 Å². The van der Waals surface area contributed by atoms with Crippen LogP contribution in [0.1, 0.15) is 52.9 Å². The zero-order valence-electron chi connectivity index (χ0n) is 10.9. The number of hydrogen-bond acceptors (Lipinski definition) is 3. The maximum atomic E-state index is 9.96. The quantitative estimate of drug-likeness (QED) is 0.854. The van der Waals surface area contributed by atoms with Crippen LogP contribution >= 0.6 is 0 Å². The first-order chi connectivity index (χ1) is 7.32. The van der Waals surface area contributed by atoms with Gasteiger partial charge in [-0.25, -0.2) is 9.67 Å². The van der Waals surface area contributed by atoms with Gasteiger partial charge in [-0.05, 0) is 25.7 Å². The van der Waals surface area contributed by atoms with Crippen molar-refractivity contribution < 1.29 is 5.11 Å². The molecule has 0 aromatic carbocycles. The van der Waals surface area contributed by atoms with Gasteiger partial charge in [0.25, 0.3) is 0 Å². The molecular weight excluding hydrogens is 202 g/mol. The Kier molecular flexibility index (Phi) is 4.08. The van der Waals surface area contributed by atoms with Gasteiger partial charge in [-0.2, -0.15) is 5.10 Å². The van der Waals surface area contributed by atoms with Crippen molar-refractivity contribution in [3.63, 3.8) is 0 Å². The third-order valence-electron chi connectivity index (χ3n) is 2.78. The highest BCUT2D eigenvalue weighted by Gasteiger charge is 2.22. The predicted octanol–water partition coefficient (Wildman–Crippen LogP) is 2.20. The molecule has 1 N–H and O–H groups in total. The smallest absolute Gasteiger partial charge is 0.138 e. The number of aliphatic hydroxyl groups excluding tert-OH is 1. The lowest BCUT2D eigenvalue weighted by Gasteiger charge is -2.25. The molecule has 1 unspecified atom stereocenters. The maximum Gasteiger partial charge on any atom is 0.138 e. The molecule has 0 bridgehead atoms. The second-order valence-electron chi connectivity index (χ2n) is 5.64. The summed E-state index contributed by atoms with van der Waals surface area (Å²) in [6, 6.07) is 0.323. The van der Waals surface area contributed by atoms with E-state index in [1.165, 1.54) is 0 Å². The minimum absolute atomic E-state index is 0.0668. The molecule has 0 amide bonds. The molecule has 0 aliphatic rings. The molecule has 0 aliphatic heterocycles. The molecule has 1 rings (SSSR count). The molecule has 1 aromatic rings. The van der Waals surface area contributed by atoms with Crippen molar-refractivity contribution in [1.29, 1.82) is 0 Å². The number of aliphatic hydroxyl groups is 1.